The number of aliphatic hydroxyl groups is 1. The molecule has 1 saturated heterocycles. The van der Waals surface area contributed by atoms with Gasteiger partial charge in [0.1, 0.15) is 18.0 Å². The molecular formula is C25H34N4O8S2. The Balaban J connectivity index is 1.57. The van der Waals surface area contributed by atoms with E-state index in [0.29, 0.717) is 24.1 Å². The number of hydrogen-bond donors (Lipinski definition) is 4. The van der Waals surface area contributed by atoms with Crippen molar-refractivity contribution >= 4 is 43.6 Å². The Morgan fingerprint density at radius 1 is 1.18 bits per heavy atom. The van der Waals surface area contributed by atoms with Gasteiger partial charge in [0.05, 0.1) is 17.5 Å². The molecule has 0 bridgehead atoms. The molecule has 1 heterocycles. The van der Waals surface area contributed by atoms with Gasteiger partial charge in [-0.2, -0.15) is 8.42 Å². The third-order valence-corrected chi connectivity index (χ3v) is 8.69. The number of benzene rings is 2. The number of nitrogens with one attached hydrogen (secondary N) is 1. The molecule has 12 nitrogen and oxygen atoms in total. The highest BCUT2D eigenvalue weighted by Gasteiger charge is 2.25. The van der Waals surface area contributed by atoms with Crippen molar-refractivity contribution in [3.8, 4) is 5.75 Å². The maximum absolute atomic E-state index is 12.7. The van der Waals surface area contributed by atoms with Gasteiger partial charge in [-0.25, -0.2) is 8.42 Å². The van der Waals surface area contributed by atoms with E-state index >= 15 is 0 Å². The number of sulfonamides is 1. The summed E-state index contributed by atoms with van der Waals surface area (Å²) >= 11 is 0. The Bertz CT molecular complexity index is 1370. The fourth-order valence-electron chi connectivity index (χ4n) is 4.38. The number of phenolic OH excluding ortho intramolecular Hbond substituents is 1. The van der Waals surface area contributed by atoms with E-state index in [1.165, 1.54) is 18.2 Å². The van der Waals surface area contributed by atoms with Crippen LogP contribution >= 0.6 is 0 Å². The van der Waals surface area contributed by atoms with E-state index in [1.54, 1.807) is 24.3 Å². The summed E-state index contributed by atoms with van der Waals surface area (Å²) in [6, 6.07) is 11.1. The second-order valence-electron chi connectivity index (χ2n) is 9.33. The SMILES string of the molecule is CCCCS(=O)(=O)N(CC(=O)O)c1ccc(N2CCC(NC[C@H](O)c3ccc(O)c(N=S(=O)=O)c3)CC2)cc1. The van der Waals surface area contributed by atoms with Crippen molar-refractivity contribution in [3.63, 3.8) is 0 Å². The fraction of sp³-hybridized carbons (Fsp3) is 0.480. The normalized spacial score (nSPS) is 15.1. The van der Waals surface area contributed by atoms with Crippen molar-refractivity contribution in [3.05, 3.63) is 48.0 Å². The Labute approximate surface area is 229 Å². The number of anilines is 2. The standard InChI is InChI=1S/C25H34N4O8S2/c1-2-3-14-39(36,37)29(17-25(32)33)21-7-5-20(6-8-21)28-12-10-19(11-13-28)26-16-24(31)18-4-9-23(30)22(15-18)27-38(34)35/h4-9,15,19,24,26,30-31H,2-3,10-14,16-17H2,1H3,(H,32,33)/t24-/m0/s1. The maximum Gasteiger partial charge on any atom is 0.324 e. The lowest BCUT2D eigenvalue weighted by Crippen LogP contribution is -2.43. The average Bonchev–Trinajstić information content (AvgIpc) is 2.90. The summed E-state index contributed by atoms with van der Waals surface area (Å²) in [5.74, 6) is -1.63. The first-order chi connectivity index (χ1) is 18.5. The van der Waals surface area contributed by atoms with Crippen molar-refractivity contribution in [2.45, 2.75) is 44.8 Å². The summed E-state index contributed by atoms with van der Waals surface area (Å²) in [6.45, 7) is 2.91. The molecule has 3 rings (SSSR count). The number of aromatic hydroxyl groups is 1. The van der Waals surface area contributed by atoms with Crippen molar-refractivity contribution < 1.29 is 36.9 Å². The number of aliphatic hydroxyl groups excluding tert-OH is 1. The first-order valence-corrected chi connectivity index (χ1v) is 15.3. The van der Waals surface area contributed by atoms with Crippen LogP contribution < -0.4 is 14.5 Å². The lowest BCUT2D eigenvalue weighted by atomic mass is 10.0. The molecule has 39 heavy (non-hydrogen) atoms. The number of phenols is 1. The maximum atomic E-state index is 12.7. The zero-order valence-electron chi connectivity index (χ0n) is 21.6. The van der Waals surface area contributed by atoms with Crippen LogP contribution in [-0.2, 0) is 25.3 Å². The molecule has 0 unspecified atom stereocenters. The van der Waals surface area contributed by atoms with Crippen LogP contribution in [0.15, 0.2) is 46.8 Å². The minimum Gasteiger partial charge on any atom is -0.506 e. The quantitative estimate of drug-likeness (QED) is 0.274. The Kier molecular flexibility index (Phi) is 10.7. The summed E-state index contributed by atoms with van der Waals surface area (Å²) in [7, 11) is -6.48. The predicted molar refractivity (Wildman–Crippen MR) is 147 cm³/mol. The molecule has 0 spiro atoms. The highest BCUT2D eigenvalue weighted by Crippen LogP contribution is 2.30. The molecule has 0 radical (unpaired) electrons. The van der Waals surface area contributed by atoms with Crippen LogP contribution in [0.25, 0.3) is 0 Å². The summed E-state index contributed by atoms with van der Waals surface area (Å²) in [5, 5.41) is 32.8. The second kappa shape index (κ2) is 13.7. The van der Waals surface area contributed by atoms with E-state index < -0.39 is 39.1 Å². The number of carbonyl (C=O) groups is 1. The number of carboxylic acid groups (broad SMARTS) is 1. The van der Waals surface area contributed by atoms with Crippen LogP contribution in [0.1, 0.15) is 44.3 Å². The first kappa shape index (κ1) is 30.3. The van der Waals surface area contributed by atoms with Crippen LogP contribution in [0.4, 0.5) is 17.1 Å². The largest absolute Gasteiger partial charge is 0.506 e. The van der Waals surface area contributed by atoms with Crippen LogP contribution in [0.2, 0.25) is 0 Å². The van der Waals surface area contributed by atoms with Crippen molar-refractivity contribution in [1.29, 1.82) is 0 Å². The molecule has 2 aromatic rings. The molecule has 1 fully saturated rings. The van der Waals surface area contributed by atoms with Crippen molar-refractivity contribution in [2.24, 2.45) is 4.36 Å². The third-order valence-electron chi connectivity index (χ3n) is 6.53. The summed E-state index contributed by atoms with van der Waals surface area (Å²) in [4.78, 5) is 13.5. The molecule has 0 aliphatic carbocycles. The number of carboxylic acids is 1. The van der Waals surface area contributed by atoms with E-state index in [1.807, 2.05) is 6.92 Å². The molecular weight excluding hydrogens is 548 g/mol. The Morgan fingerprint density at radius 2 is 1.85 bits per heavy atom. The lowest BCUT2D eigenvalue weighted by molar-refractivity contribution is -0.135. The minimum absolute atomic E-state index is 0.113. The van der Waals surface area contributed by atoms with Gasteiger partial charge in [0, 0.05) is 31.4 Å². The summed E-state index contributed by atoms with van der Waals surface area (Å²) in [5.41, 5.74) is 1.50. The van der Waals surface area contributed by atoms with E-state index in [-0.39, 0.29) is 29.8 Å². The van der Waals surface area contributed by atoms with Crippen LogP contribution in [0.5, 0.6) is 5.75 Å². The highest BCUT2D eigenvalue weighted by atomic mass is 32.2. The van der Waals surface area contributed by atoms with Gasteiger partial charge in [-0.3, -0.25) is 9.10 Å². The van der Waals surface area contributed by atoms with Gasteiger partial charge in [0.15, 0.2) is 0 Å². The van der Waals surface area contributed by atoms with Gasteiger partial charge in [-0.05, 0) is 61.2 Å². The van der Waals surface area contributed by atoms with Crippen molar-refractivity contribution in [2.75, 3.05) is 41.1 Å². The molecule has 2 aromatic carbocycles. The van der Waals surface area contributed by atoms with Crippen LogP contribution in [-0.4, -0.2) is 76.1 Å². The van der Waals surface area contributed by atoms with Gasteiger partial charge >= 0.3 is 16.5 Å². The zero-order valence-corrected chi connectivity index (χ0v) is 23.2. The van der Waals surface area contributed by atoms with Gasteiger partial charge in [-0.15, -0.1) is 4.36 Å². The van der Waals surface area contributed by atoms with Crippen molar-refractivity contribution in [1.82, 2.24) is 5.32 Å². The summed E-state index contributed by atoms with van der Waals surface area (Å²) in [6.07, 6.45) is 1.79. The molecule has 0 saturated carbocycles. The molecule has 14 heteroatoms. The van der Waals surface area contributed by atoms with Gasteiger partial charge in [0.2, 0.25) is 10.0 Å². The van der Waals surface area contributed by atoms with Gasteiger partial charge < -0.3 is 25.5 Å². The smallest absolute Gasteiger partial charge is 0.324 e. The fourth-order valence-corrected chi connectivity index (χ4v) is 6.31. The first-order valence-electron chi connectivity index (χ1n) is 12.6. The predicted octanol–water partition coefficient (Wildman–Crippen LogP) is 2.40. The number of rotatable bonds is 13. The Hall–Kier alpha value is -3.20. The Morgan fingerprint density at radius 3 is 2.44 bits per heavy atom. The van der Waals surface area contributed by atoms with E-state index in [9.17, 15) is 36.9 Å². The second-order valence-corrected chi connectivity index (χ2v) is 12.0. The number of hydrogen-bond acceptors (Lipinski definition) is 10. The zero-order chi connectivity index (χ0) is 28.6. The minimum atomic E-state index is -3.76. The monoisotopic (exact) mass is 582 g/mol. The summed E-state index contributed by atoms with van der Waals surface area (Å²) < 4.78 is 51.3. The molecule has 214 valence electrons. The average molecular weight is 583 g/mol. The van der Waals surface area contributed by atoms with Gasteiger partial charge in [0.25, 0.3) is 0 Å². The molecule has 1 aliphatic heterocycles. The lowest BCUT2D eigenvalue weighted by Gasteiger charge is -2.34. The van der Waals surface area contributed by atoms with Crippen LogP contribution in [0.3, 0.4) is 0 Å². The van der Waals surface area contributed by atoms with E-state index in [4.69, 9.17) is 0 Å². The molecule has 1 atom stereocenters. The highest BCUT2D eigenvalue weighted by molar-refractivity contribution is 7.92. The van der Waals surface area contributed by atoms with E-state index in [0.717, 1.165) is 35.9 Å². The van der Waals surface area contributed by atoms with Crippen LogP contribution in [0, 0.1) is 0 Å². The topological polar surface area (TPSA) is 177 Å². The third kappa shape index (κ3) is 8.65. The number of unbranched alkanes of at least 4 members (excludes halogenated alkanes) is 1. The molecule has 1 aliphatic rings. The molecule has 4 N–H and O–H groups in total. The molecule has 0 aromatic heterocycles. The van der Waals surface area contributed by atoms with E-state index in [2.05, 4.69) is 14.6 Å². The number of piperidine rings is 1. The number of nitrogens with zero attached hydrogens (tertiary/aromatic N) is 3. The van der Waals surface area contributed by atoms with Gasteiger partial charge in [-0.1, -0.05) is 19.4 Å². The molecule has 0 amide bonds. The number of aliphatic carboxylic acids is 1.